The molecule has 1 N–H and O–H groups in total. The molecule has 0 unspecified atom stereocenters. The predicted molar refractivity (Wildman–Crippen MR) is 105 cm³/mol. The average Bonchev–Trinajstić information content (AvgIpc) is 2.57. The molecule has 30 heavy (non-hydrogen) atoms. The normalized spacial score (nSPS) is 13.8. The number of hydrogen-bond donors (Lipinski definition) is 1. The van der Waals surface area contributed by atoms with Crippen LogP contribution in [-0.2, 0) is 21.3 Å². The van der Waals surface area contributed by atoms with E-state index in [0.717, 1.165) is 17.3 Å². The maximum atomic E-state index is 12.7. The van der Waals surface area contributed by atoms with Crippen LogP contribution in [0.25, 0.3) is 0 Å². The molecule has 0 saturated carbocycles. The van der Waals surface area contributed by atoms with Crippen molar-refractivity contribution < 1.29 is 35.3 Å². The van der Waals surface area contributed by atoms with Gasteiger partial charge < -0.3 is 8.92 Å². The van der Waals surface area contributed by atoms with E-state index in [4.69, 9.17) is 4.74 Å². The zero-order chi connectivity index (χ0) is 22.3. The van der Waals surface area contributed by atoms with Gasteiger partial charge in [-0.05, 0) is 62.6 Å². The Kier molecular flexibility index (Phi) is 5.72. The molecule has 6 nitrogen and oxygen atoms in total. The van der Waals surface area contributed by atoms with Crippen LogP contribution in [0.1, 0.15) is 31.9 Å². The second kappa shape index (κ2) is 7.69. The number of nitrogens with one attached hydrogen (secondary N) is 1. The molecule has 2 aromatic carbocycles. The molecule has 0 spiro atoms. The molecular formula is C19H18F3NO5S2. The number of rotatable bonds is 3. The Morgan fingerprint density at radius 3 is 2.43 bits per heavy atom. The van der Waals surface area contributed by atoms with Crippen LogP contribution in [-0.4, -0.2) is 25.6 Å². The molecule has 0 radical (unpaired) electrons. The summed E-state index contributed by atoms with van der Waals surface area (Å²) in [5, 5.41) is 2.63. The fourth-order valence-electron chi connectivity index (χ4n) is 2.68. The summed E-state index contributed by atoms with van der Waals surface area (Å²) in [5.74, 6) is -0.378. The predicted octanol–water partition coefficient (Wildman–Crippen LogP) is 5.32. The van der Waals surface area contributed by atoms with Crippen molar-refractivity contribution in [1.29, 1.82) is 0 Å². The molecule has 3 rings (SSSR count). The number of hydrogen-bond acceptors (Lipinski definition) is 6. The summed E-state index contributed by atoms with van der Waals surface area (Å²) in [6.45, 7) is 5.23. The molecule has 0 fully saturated rings. The summed E-state index contributed by atoms with van der Waals surface area (Å²) in [7, 11) is -5.77. The van der Waals surface area contributed by atoms with Gasteiger partial charge in [-0.3, -0.25) is 5.32 Å². The van der Waals surface area contributed by atoms with Gasteiger partial charge in [-0.1, -0.05) is 23.9 Å². The lowest BCUT2D eigenvalue weighted by molar-refractivity contribution is -0.0500. The van der Waals surface area contributed by atoms with E-state index in [9.17, 15) is 26.4 Å². The van der Waals surface area contributed by atoms with Crippen molar-refractivity contribution in [3.8, 4) is 5.75 Å². The zero-order valence-corrected chi connectivity index (χ0v) is 17.8. The molecule has 0 saturated heterocycles. The van der Waals surface area contributed by atoms with Crippen molar-refractivity contribution in [1.82, 2.24) is 0 Å². The second-order valence-electron chi connectivity index (χ2n) is 7.46. The first-order valence-corrected chi connectivity index (χ1v) is 10.9. The second-order valence-corrected chi connectivity index (χ2v) is 10.0. The molecule has 0 atom stereocenters. The summed E-state index contributed by atoms with van der Waals surface area (Å²) >= 11 is 1.10. The lowest BCUT2D eigenvalue weighted by atomic mass is 10.0. The van der Waals surface area contributed by atoms with Crippen LogP contribution in [0.4, 0.5) is 23.7 Å². The average molecular weight is 461 g/mol. The van der Waals surface area contributed by atoms with Crippen molar-refractivity contribution in [2.75, 3.05) is 5.32 Å². The number of alkyl halides is 3. The standard InChI is InChI=1S/C19H18F3NO5S2/c1-18(2,3)27-17(24)23-13-7-8-15-12(10-13)9-11-5-4-6-14(16(11)29-15)28-30(25,26)19(20,21)22/h4-8,10H,9H2,1-3H3,(H,23,24). The van der Waals surface area contributed by atoms with Crippen LogP contribution in [0, 0.1) is 0 Å². The molecule has 1 heterocycles. The largest absolute Gasteiger partial charge is 0.534 e. The zero-order valence-electron chi connectivity index (χ0n) is 16.2. The Bertz CT molecular complexity index is 1090. The van der Waals surface area contributed by atoms with Crippen LogP contribution in [0.5, 0.6) is 5.75 Å². The number of fused-ring (bicyclic) bond motifs is 2. The monoisotopic (exact) mass is 461 g/mol. The fraction of sp³-hybridized carbons (Fsp3) is 0.316. The van der Waals surface area contributed by atoms with Crippen LogP contribution < -0.4 is 9.50 Å². The molecule has 162 valence electrons. The molecule has 1 aliphatic rings. The van der Waals surface area contributed by atoms with E-state index < -0.39 is 27.3 Å². The summed E-state index contributed by atoms with van der Waals surface area (Å²) in [5.41, 5.74) is -4.25. The van der Waals surface area contributed by atoms with Gasteiger partial charge in [0.05, 0.1) is 4.90 Å². The Hall–Kier alpha value is -2.40. The minimum atomic E-state index is -5.77. The van der Waals surface area contributed by atoms with Crippen molar-refractivity contribution >= 4 is 33.7 Å². The van der Waals surface area contributed by atoms with Gasteiger partial charge in [0.25, 0.3) is 0 Å². The number of benzene rings is 2. The molecule has 1 aliphatic heterocycles. The van der Waals surface area contributed by atoms with Gasteiger partial charge in [0.15, 0.2) is 5.75 Å². The topological polar surface area (TPSA) is 81.7 Å². The van der Waals surface area contributed by atoms with Crippen molar-refractivity contribution in [3.05, 3.63) is 47.5 Å². The third-order valence-electron chi connectivity index (χ3n) is 3.84. The highest BCUT2D eigenvalue weighted by Gasteiger charge is 2.49. The smallest absolute Gasteiger partial charge is 0.444 e. The van der Waals surface area contributed by atoms with Gasteiger partial charge >= 0.3 is 21.7 Å². The van der Waals surface area contributed by atoms with E-state index >= 15 is 0 Å². The van der Waals surface area contributed by atoms with Crippen LogP contribution in [0.2, 0.25) is 0 Å². The van der Waals surface area contributed by atoms with Crippen LogP contribution in [0.15, 0.2) is 46.2 Å². The fourth-order valence-corrected chi connectivity index (χ4v) is 4.30. The lowest BCUT2D eigenvalue weighted by Crippen LogP contribution is -2.28. The quantitative estimate of drug-likeness (QED) is 0.420. The maximum absolute atomic E-state index is 12.7. The lowest BCUT2D eigenvalue weighted by Gasteiger charge is -2.23. The first-order valence-electron chi connectivity index (χ1n) is 8.68. The van der Waals surface area contributed by atoms with Gasteiger partial charge in [-0.15, -0.1) is 0 Å². The van der Waals surface area contributed by atoms with Gasteiger partial charge in [-0.2, -0.15) is 21.6 Å². The van der Waals surface area contributed by atoms with Crippen LogP contribution in [0.3, 0.4) is 0 Å². The number of halogens is 3. The van der Waals surface area contributed by atoms with E-state index in [1.54, 1.807) is 45.0 Å². The summed E-state index contributed by atoms with van der Waals surface area (Å²) in [6, 6.07) is 9.32. The third kappa shape index (κ3) is 5.01. The Balaban J connectivity index is 1.84. The van der Waals surface area contributed by atoms with Crippen molar-refractivity contribution in [2.45, 2.75) is 48.1 Å². The van der Waals surface area contributed by atoms with E-state index in [1.807, 2.05) is 0 Å². The highest BCUT2D eigenvalue weighted by atomic mass is 32.2. The minimum Gasteiger partial charge on any atom is -0.444 e. The number of ether oxygens (including phenoxy) is 1. The molecule has 0 aromatic heterocycles. The molecular weight excluding hydrogens is 443 g/mol. The SMILES string of the molecule is CC(C)(C)OC(=O)Nc1ccc2c(c1)Cc1cccc(OS(=O)(=O)C(F)(F)F)c1S2. The summed E-state index contributed by atoms with van der Waals surface area (Å²) in [6.07, 6.45) is -0.288. The number of anilines is 1. The van der Waals surface area contributed by atoms with Crippen molar-refractivity contribution in [3.63, 3.8) is 0 Å². The first kappa shape index (κ1) is 22.3. The van der Waals surface area contributed by atoms with Crippen molar-refractivity contribution in [2.24, 2.45) is 0 Å². The molecule has 2 aromatic rings. The Morgan fingerprint density at radius 2 is 1.80 bits per heavy atom. The van der Waals surface area contributed by atoms with Gasteiger partial charge in [0.2, 0.25) is 0 Å². The summed E-state index contributed by atoms with van der Waals surface area (Å²) in [4.78, 5) is 13.0. The van der Waals surface area contributed by atoms with Crippen LogP contribution >= 0.6 is 11.8 Å². The Labute approximate surface area is 175 Å². The highest BCUT2D eigenvalue weighted by molar-refractivity contribution is 7.99. The number of carbonyl (C=O) groups excluding carboxylic acids is 1. The van der Waals surface area contributed by atoms with E-state index in [2.05, 4.69) is 9.50 Å². The molecule has 11 heteroatoms. The van der Waals surface area contributed by atoms with Gasteiger partial charge in [0.1, 0.15) is 5.60 Å². The van der Waals surface area contributed by atoms with E-state index in [1.165, 1.54) is 12.1 Å². The number of amides is 1. The number of carbonyl (C=O) groups is 1. The maximum Gasteiger partial charge on any atom is 0.534 e. The minimum absolute atomic E-state index is 0.297. The molecule has 0 bridgehead atoms. The van der Waals surface area contributed by atoms with E-state index in [-0.39, 0.29) is 5.75 Å². The van der Waals surface area contributed by atoms with Gasteiger partial charge in [0, 0.05) is 10.6 Å². The first-order chi connectivity index (χ1) is 13.7. The van der Waals surface area contributed by atoms with E-state index in [0.29, 0.717) is 27.5 Å². The highest BCUT2D eigenvalue weighted by Crippen LogP contribution is 2.46. The summed E-state index contributed by atoms with van der Waals surface area (Å²) < 4.78 is 70.4. The third-order valence-corrected chi connectivity index (χ3v) is 6.09. The molecule has 1 amide bonds. The molecule has 0 aliphatic carbocycles. The van der Waals surface area contributed by atoms with Gasteiger partial charge in [-0.25, -0.2) is 4.79 Å². The Morgan fingerprint density at radius 1 is 1.10 bits per heavy atom.